The van der Waals surface area contributed by atoms with Gasteiger partial charge in [0, 0.05) is 12.1 Å². The normalized spacial score (nSPS) is 12.6. The third-order valence-electron chi connectivity index (χ3n) is 3.28. The van der Waals surface area contributed by atoms with Crippen molar-refractivity contribution < 1.29 is 18.1 Å². The molecule has 0 aliphatic heterocycles. The van der Waals surface area contributed by atoms with Gasteiger partial charge in [-0.3, -0.25) is 10.1 Å². The summed E-state index contributed by atoms with van der Waals surface area (Å²) in [6.45, 7) is 1.65. The number of methoxy groups -OCH3 is 1. The van der Waals surface area contributed by atoms with E-state index in [0.717, 1.165) is 6.07 Å². The van der Waals surface area contributed by atoms with Crippen molar-refractivity contribution in [1.82, 2.24) is 4.72 Å². The first-order valence-corrected chi connectivity index (χ1v) is 8.23. The topological polar surface area (TPSA) is 98.5 Å². The lowest BCUT2D eigenvalue weighted by atomic mass is 10.1. The van der Waals surface area contributed by atoms with Crippen LogP contribution in [0.15, 0.2) is 53.4 Å². The number of sulfonamides is 1. The van der Waals surface area contributed by atoms with E-state index >= 15 is 0 Å². The zero-order valence-corrected chi connectivity index (χ0v) is 13.4. The van der Waals surface area contributed by atoms with E-state index in [9.17, 15) is 18.5 Å². The quantitative estimate of drug-likeness (QED) is 0.646. The summed E-state index contributed by atoms with van der Waals surface area (Å²) in [5, 5.41) is 11.0. The fraction of sp³-hybridized carbons (Fsp3) is 0.200. The molecule has 0 aromatic heterocycles. The predicted octanol–water partition coefficient (Wildman–Crippen LogP) is 2.64. The Bertz CT molecular complexity index is 820. The van der Waals surface area contributed by atoms with E-state index in [1.54, 1.807) is 31.2 Å². The lowest BCUT2D eigenvalue weighted by Crippen LogP contribution is -2.27. The molecule has 1 N–H and O–H groups in total. The van der Waals surface area contributed by atoms with Crippen LogP contribution in [0.5, 0.6) is 5.75 Å². The number of nitro benzene ring substituents is 1. The van der Waals surface area contributed by atoms with Crippen LogP contribution in [0, 0.1) is 10.1 Å². The van der Waals surface area contributed by atoms with Crippen LogP contribution in [0.2, 0.25) is 0 Å². The van der Waals surface area contributed by atoms with Gasteiger partial charge < -0.3 is 4.74 Å². The van der Waals surface area contributed by atoms with Gasteiger partial charge in [-0.05, 0) is 30.7 Å². The Labute approximate surface area is 134 Å². The molecule has 0 spiro atoms. The van der Waals surface area contributed by atoms with E-state index in [2.05, 4.69) is 4.72 Å². The number of hydrogen-bond donors (Lipinski definition) is 1. The molecule has 2 rings (SSSR count). The Hall–Kier alpha value is -2.45. The van der Waals surface area contributed by atoms with Crippen molar-refractivity contribution in [3.63, 3.8) is 0 Å². The Morgan fingerprint density at radius 2 is 1.87 bits per heavy atom. The monoisotopic (exact) mass is 336 g/mol. The SMILES string of the molecule is COc1cccc(C(C)NS(=O)(=O)c2ccccc2[N+](=O)[O-])c1. The summed E-state index contributed by atoms with van der Waals surface area (Å²) in [6, 6.07) is 11.6. The molecule has 122 valence electrons. The highest BCUT2D eigenvalue weighted by Gasteiger charge is 2.26. The van der Waals surface area contributed by atoms with E-state index in [4.69, 9.17) is 4.74 Å². The van der Waals surface area contributed by atoms with Gasteiger partial charge in [0.15, 0.2) is 4.90 Å². The molecule has 0 aliphatic carbocycles. The van der Waals surface area contributed by atoms with E-state index in [1.165, 1.54) is 25.3 Å². The number of hydrogen-bond acceptors (Lipinski definition) is 5. The molecule has 0 saturated heterocycles. The second kappa shape index (κ2) is 6.76. The molecule has 2 aromatic rings. The summed E-state index contributed by atoms with van der Waals surface area (Å²) in [5.41, 5.74) is 0.226. The van der Waals surface area contributed by atoms with Gasteiger partial charge in [-0.25, -0.2) is 13.1 Å². The summed E-state index contributed by atoms with van der Waals surface area (Å²) in [5.74, 6) is 0.597. The third kappa shape index (κ3) is 3.85. The molecule has 23 heavy (non-hydrogen) atoms. The number of para-hydroxylation sites is 1. The zero-order valence-electron chi connectivity index (χ0n) is 12.6. The molecule has 0 saturated carbocycles. The minimum atomic E-state index is -4.04. The Morgan fingerprint density at radius 3 is 2.52 bits per heavy atom. The van der Waals surface area contributed by atoms with Crippen LogP contribution in [0.3, 0.4) is 0 Å². The molecule has 0 radical (unpaired) electrons. The van der Waals surface area contributed by atoms with Crippen molar-refractivity contribution in [3.05, 3.63) is 64.2 Å². The molecule has 1 unspecified atom stereocenters. The van der Waals surface area contributed by atoms with Crippen molar-refractivity contribution in [3.8, 4) is 5.75 Å². The third-order valence-corrected chi connectivity index (χ3v) is 4.87. The zero-order chi connectivity index (χ0) is 17.0. The number of nitrogens with zero attached hydrogens (tertiary/aromatic N) is 1. The summed E-state index contributed by atoms with van der Waals surface area (Å²) in [4.78, 5) is 9.93. The number of ether oxygens (including phenoxy) is 1. The first-order valence-electron chi connectivity index (χ1n) is 6.75. The second-order valence-electron chi connectivity index (χ2n) is 4.84. The molecule has 0 aliphatic rings. The van der Waals surface area contributed by atoms with Gasteiger partial charge in [0.1, 0.15) is 5.75 Å². The van der Waals surface area contributed by atoms with Crippen molar-refractivity contribution >= 4 is 15.7 Å². The molecule has 1 atom stereocenters. The molecule has 7 nitrogen and oxygen atoms in total. The molecule has 2 aromatic carbocycles. The van der Waals surface area contributed by atoms with Gasteiger partial charge in [-0.2, -0.15) is 0 Å². The van der Waals surface area contributed by atoms with Gasteiger partial charge in [0.2, 0.25) is 10.0 Å². The van der Waals surface area contributed by atoms with Crippen molar-refractivity contribution in [2.24, 2.45) is 0 Å². The Morgan fingerprint density at radius 1 is 1.17 bits per heavy atom. The fourth-order valence-electron chi connectivity index (χ4n) is 2.11. The fourth-order valence-corrected chi connectivity index (χ4v) is 3.51. The maximum atomic E-state index is 12.4. The van der Waals surface area contributed by atoms with Gasteiger partial charge in [0.25, 0.3) is 5.69 Å². The Balaban J connectivity index is 2.33. The second-order valence-corrected chi connectivity index (χ2v) is 6.53. The summed E-state index contributed by atoms with van der Waals surface area (Å²) >= 11 is 0. The number of benzene rings is 2. The summed E-state index contributed by atoms with van der Waals surface area (Å²) in [6.07, 6.45) is 0. The van der Waals surface area contributed by atoms with E-state index in [1.807, 2.05) is 0 Å². The lowest BCUT2D eigenvalue weighted by Gasteiger charge is -2.15. The number of rotatable bonds is 6. The van der Waals surface area contributed by atoms with E-state index in [0.29, 0.717) is 11.3 Å². The van der Waals surface area contributed by atoms with Crippen LogP contribution < -0.4 is 9.46 Å². The van der Waals surface area contributed by atoms with Crippen LogP contribution in [-0.4, -0.2) is 20.5 Å². The molecular weight excluding hydrogens is 320 g/mol. The highest BCUT2D eigenvalue weighted by Crippen LogP contribution is 2.25. The average Bonchev–Trinajstić information content (AvgIpc) is 2.54. The highest BCUT2D eigenvalue weighted by molar-refractivity contribution is 7.89. The average molecular weight is 336 g/mol. The van der Waals surface area contributed by atoms with Gasteiger partial charge in [-0.1, -0.05) is 24.3 Å². The van der Waals surface area contributed by atoms with Crippen LogP contribution >= 0.6 is 0 Å². The minimum absolute atomic E-state index is 0.361. The molecular formula is C15H16N2O5S. The number of nitro groups is 1. The predicted molar refractivity (Wildman–Crippen MR) is 84.8 cm³/mol. The van der Waals surface area contributed by atoms with Gasteiger partial charge in [0.05, 0.1) is 12.0 Å². The van der Waals surface area contributed by atoms with Crippen LogP contribution in [0.4, 0.5) is 5.69 Å². The maximum absolute atomic E-state index is 12.4. The number of nitrogens with one attached hydrogen (secondary N) is 1. The molecule has 0 amide bonds. The highest BCUT2D eigenvalue weighted by atomic mass is 32.2. The smallest absolute Gasteiger partial charge is 0.289 e. The Kier molecular flexibility index (Phi) is 4.97. The minimum Gasteiger partial charge on any atom is -0.497 e. The molecule has 8 heteroatoms. The standard InChI is InChI=1S/C15H16N2O5S/c1-11(12-6-5-7-13(10-12)22-2)16-23(20,21)15-9-4-3-8-14(15)17(18)19/h3-11,16H,1-2H3. The van der Waals surface area contributed by atoms with Crippen molar-refractivity contribution in [1.29, 1.82) is 0 Å². The maximum Gasteiger partial charge on any atom is 0.289 e. The van der Waals surface area contributed by atoms with Crippen molar-refractivity contribution in [2.75, 3.05) is 7.11 Å². The first-order chi connectivity index (χ1) is 10.8. The largest absolute Gasteiger partial charge is 0.497 e. The lowest BCUT2D eigenvalue weighted by molar-refractivity contribution is -0.387. The van der Waals surface area contributed by atoms with Crippen molar-refractivity contribution in [2.45, 2.75) is 17.9 Å². The summed E-state index contributed by atoms with van der Waals surface area (Å²) < 4.78 is 32.4. The van der Waals surface area contributed by atoms with Crippen LogP contribution in [0.1, 0.15) is 18.5 Å². The first kappa shape index (κ1) is 16.9. The van der Waals surface area contributed by atoms with Gasteiger partial charge in [-0.15, -0.1) is 0 Å². The van der Waals surface area contributed by atoms with Crippen LogP contribution in [-0.2, 0) is 10.0 Å². The van der Waals surface area contributed by atoms with E-state index in [-0.39, 0.29) is 4.90 Å². The van der Waals surface area contributed by atoms with Gasteiger partial charge >= 0.3 is 0 Å². The van der Waals surface area contributed by atoms with Crippen LogP contribution in [0.25, 0.3) is 0 Å². The molecule has 0 bridgehead atoms. The summed E-state index contributed by atoms with van der Waals surface area (Å²) in [7, 11) is -2.52. The molecule has 0 fully saturated rings. The molecule has 0 heterocycles. The van der Waals surface area contributed by atoms with E-state index < -0.39 is 26.7 Å².